The van der Waals surface area contributed by atoms with Crippen molar-refractivity contribution in [1.29, 1.82) is 0 Å². The van der Waals surface area contributed by atoms with Gasteiger partial charge in [0.25, 0.3) is 5.91 Å². The molecule has 2 aromatic carbocycles. The maximum Gasteiger partial charge on any atom is 0.254 e. The third-order valence-corrected chi connectivity index (χ3v) is 7.42. The van der Waals surface area contributed by atoms with E-state index < -0.39 is 10.0 Å². The van der Waals surface area contributed by atoms with Gasteiger partial charge in [0.2, 0.25) is 10.0 Å². The Morgan fingerprint density at radius 2 is 1.64 bits per heavy atom. The van der Waals surface area contributed by atoms with Gasteiger partial charge in [-0.25, -0.2) is 13.8 Å². The molecule has 3 rings (SSSR count). The van der Waals surface area contributed by atoms with Gasteiger partial charge in [-0.3, -0.25) is 9.69 Å². The number of nitrogens with one attached hydrogen (secondary N) is 1. The number of rotatable bonds is 8. The molecule has 10 heteroatoms. The number of carbonyl (C=O) groups is 1. The Bertz CT molecular complexity index is 1110. The third kappa shape index (κ3) is 6.10. The number of methoxy groups -OCH3 is 2. The van der Waals surface area contributed by atoms with E-state index in [1.165, 1.54) is 4.31 Å². The summed E-state index contributed by atoms with van der Waals surface area (Å²) in [4.78, 5) is 14.6. The second kappa shape index (κ2) is 10.8. The van der Waals surface area contributed by atoms with Gasteiger partial charge >= 0.3 is 0 Å². The van der Waals surface area contributed by atoms with Crippen LogP contribution in [0.1, 0.15) is 18.1 Å². The zero-order valence-electron chi connectivity index (χ0n) is 19.4. The average molecular weight is 475 g/mol. The van der Waals surface area contributed by atoms with E-state index in [0.717, 1.165) is 11.1 Å². The van der Waals surface area contributed by atoms with Crippen LogP contribution in [-0.2, 0) is 14.8 Å². The fraction of sp³-hybridized carbons (Fsp3) is 0.391. The van der Waals surface area contributed by atoms with E-state index in [0.29, 0.717) is 48.3 Å². The van der Waals surface area contributed by atoms with Crippen molar-refractivity contribution in [1.82, 2.24) is 14.6 Å². The molecule has 178 valence electrons. The van der Waals surface area contributed by atoms with Gasteiger partial charge in [-0.05, 0) is 44.2 Å². The van der Waals surface area contributed by atoms with Crippen LogP contribution in [0.4, 0.5) is 0 Å². The van der Waals surface area contributed by atoms with E-state index in [2.05, 4.69) is 10.5 Å². The summed E-state index contributed by atoms with van der Waals surface area (Å²) in [6, 6.07) is 12.2. The van der Waals surface area contributed by atoms with Gasteiger partial charge in [0.05, 0.1) is 31.4 Å². The second-order valence-corrected chi connectivity index (χ2v) is 9.73. The largest absolute Gasteiger partial charge is 0.493 e. The number of sulfonamides is 1. The van der Waals surface area contributed by atoms with Crippen LogP contribution in [-0.4, -0.2) is 76.2 Å². The highest BCUT2D eigenvalue weighted by molar-refractivity contribution is 7.89. The Labute approximate surface area is 195 Å². The molecule has 0 aliphatic carbocycles. The lowest BCUT2D eigenvalue weighted by atomic mass is 10.1. The molecule has 1 heterocycles. The fourth-order valence-electron chi connectivity index (χ4n) is 3.50. The van der Waals surface area contributed by atoms with E-state index in [4.69, 9.17) is 9.47 Å². The molecular weight excluding hydrogens is 444 g/mol. The molecular formula is C23H30N4O5S. The first-order valence-electron chi connectivity index (χ1n) is 10.6. The van der Waals surface area contributed by atoms with Crippen LogP contribution in [0.3, 0.4) is 0 Å². The topological polar surface area (TPSA) is 101 Å². The standard InChI is InChI=1S/C23H30N4O5S/c1-17-5-8-20(9-6-17)33(29,30)27-13-11-26(12-14-27)16-23(28)25-24-18(2)19-7-10-21(31-3)22(15-19)32-4/h5-10,15H,11-14,16H2,1-4H3,(H,25,28). The quantitative estimate of drug-likeness (QED) is 0.463. The second-order valence-electron chi connectivity index (χ2n) is 7.80. The molecule has 1 amide bonds. The zero-order valence-corrected chi connectivity index (χ0v) is 20.2. The normalized spacial score (nSPS) is 15.8. The van der Waals surface area contributed by atoms with E-state index >= 15 is 0 Å². The number of piperazine rings is 1. The predicted molar refractivity (Wildman–Crippen MR) is 126 cm³/mol. The van der Waals surface area contributed by atoms with E-state index in [1.54, 1.807) is 57.5 Å². The lowest BCUT2D eigenvalue weighted by Crippen LogP contribution is -2.50. The minimum atomic E-state index is -3.53. The molecule has 0 unspecified atom stereocenters. The number of ether oxygens (including phenoxy) is 2. The van der Waals surface area contributed by atoms with Gasteiger partial charge in [0.15, 0.2) is 11.5 Å². The monoisotopic (exact) mass is 474 g/mol. The van der Waals surface area contributed by atoms with Gasteiger partial charge in [0.1, 0.15) is 0 Å². The van der Waals surface area contributed by atoms with Crippen molar-refractivity contribution in [2.24, 2.45) is 5.10 Å². The molecule has 1 aliphatic heterocycles. The summed E-state index contributed by atoms with van der Waals surface area (Å²) in [5.41, 5.74) is 5.00. The molecule has 1 saturated heterocycles. The van der Waals surface area contributed by atoms with Crippen molar-refractivity contribution >= 4 is 21.6 Å². The smallest absolute Gasteiger partial charge is 0.254 e. The maximum absolute atomic E-state index is 12.8. The van der Waals surface area contributed by atoms with Crippen LogP contribution < -0.4 is 14.9 Å². The third-order valence-electron chi connectivity index (χ3n) is 5.51. The highest BCUT2D eigenvalue weighted by atomic mass is 32.2. The van der Waals surface area contributed by atoms with Crippen molar-refractivity contribution in [3.8, 4) is 11.5 Å². The summed E-state index contributed by atoms with van der Waals surface area (Å²) in [6.45, 7) is 5.44. The number of amides is 1. The molecule has 0 aromatic heterocycles. The molecule has 0 bridgehead atoms. The summed E-state index contributed by atoms with van der Waals surface area (Å²) in [7, 11) is -0.405. The number of nitrogens with zero attached hydrogens (tertiary/aromatic N) is 3. The summed E-state index contributed by atoms with van der Waals surface area (Å²) >= 11 is 0. The molecule has 33 heavy (non-hydrogen) atoms. The minimum absolute atomic E-state index is 0.140. The SMILES string of the molecule is COc1ccc(C(C)=NNC(=O)CN2CCN(S(=O)(=O)c3ccc(C)cc3)CC2)cc1OC. The molecule has 2 aromatic rings. The van der Waals surface area contributed by atoms with Crippen LogP contribution in [0.15, 0.2) is 52.5 Å². The van der Waals surface area contributed by atoms with E-state index in [-0.39, 0.29) is 12.5 Å². The molecule has 1 fully saturated rings. The number of hydrogen-bond acceptors (Lipinski definition) is 7. The minimum Gasteiger partial charge on any atom is -0.493 e. The van der Waals surface area contributed by atoms with Crippen molar-refractivity contribution in [3.05, 3.63) is 53.6 Å². The van der Waals surface area contributed by atoms with Crippen LogP contribution in [0.5, 0.6) is 11.5 Å². The zero-order chi connectivity index (χ0) is 24.0. The fourth-order valence-corrected chi connectivity index (χ4v) is 4.92. The lowest BCUT2D eigenvalue weighted by Gasteiger charge is -2.33. The predicted octanol–water partition coefficient (Wildman–Crippen LogP) is 1.86. The summed E-state index contributed by atoms with van der Waals surface area (Å²) in [5.74, 6) is 0.931. The Morgan fingerprint density at radius 1 is 1.00 bits per heavy atom. The van der Waals surface area contributed by atoms with Crippen LogP contribution in [0.25, 0.3) is 0 Å². The number of hydrazone groups is 1. The van der Waals surface area contributed by atoms with Gasteiger partial charge < -0.3 is 9.47 Å². The summed E-state index contributed by atoms with van der Waals surface area (Å²) in [6.07, 6.45) is 0. The Balaban J connectivity index is 1.52. The number of carbonyl (C=O) groups excluding carboxylic acids is 1. The van der Waals surface area contributed by atoms with E-state index in [9.17, 15) is 13.2 Å². The van der Waals surface area contributed by atoms with Crippen LogP contribution in [0, 0.1) is 6.92 Å². The number of hydrogen-bond donors (Lipinski definition) is 1. The molecule has 0 spiro atoms. The first-order valence-corrected chi connectivity index (χ1v) is 12.0. The van der Waals surface area contributed by atoms with Crippen molar-refractivity contribution in [2.75, 3.05) is 46.9 Å². The van der Waals surface area contributed by atoms with Gasteiger partial charge in [-0.15, -0.1) is 0 Å². The van der Waals surface area contributed by atoms with E-state index in [1.807, 2.05) is 17.9 Å². The first kappa shape index (κ1) is 24.7. The molecule has 9 nitrogen and oxygen atoms in total. The Kier molecular flexibility index (Phi) is 8.06. The first-order chi connectivity index (χ1) is 15.7. The Hall–Kier alpha value is -2.95. The highest BCUT2D eigenvalue weighted by Crippen LogP contribution is 2.27. The molecule has 0 radical (unpaired) electrons. The number of aryl methyl sites for hydroxylation is 1. The molecule has 0 saturated carbocycles. The van der Waals surface area contributed by atoms with Crippen molar-refractivity contribution < 1.29 is 22.7 Å². The van der Waals surface area contributed by atoms with Gasteiger partial charge in [0, 0.05) is 31.7 Å². The molecule has 1 N–H and O–H groups in total. The number of benzene rings is 2. The maximum atomic E-state index is 12.8. The summed E-state index contributed by atoms with van der Waals surface area (Å²) < 4.78 is 37.6. The molecule has 0 atom stereocenters. The molecule has 1 aliphatic rings. The van der Waals surface area contributed by atoms with Crippen LogP contribution in [0.2, 0.25) is 0 Å². The van der Waals surface area contributed by atoms with Gasteiger partial charge in [-0.2, -0.15) is 9.41 Å². The van der Waals surface area contributed by atoms with Crippen molar-refractivity contribution in [2.45, 2.75) is 18.7 Å². The highest BCUT2D eigenvalue weighted by Gasteiger charge is 2.29. The lowest BCUT2D eigenvalue weighted by molar-refractivity contribution is -0.122. The Morgan fingerprint density at radius 3 is 2.24 bits per heavy atom. The summed E-state index contributed by atoms with van der Waals surface area (Å²) in [5, 5.41) is 4.18. The average Bonchev–Trinajstić information content (AvgIpc) is 2.82. The van der Waals surface area contributed by atoms with Gasteiger partial charge in [-0.1, -0.05) is 17.7 Å². The van der Waals surface area contributed by atoms with Crippen molar-refractivity contribution in [3.63, 3.8) is 0 Å². The van der Waals surface area contributed by atoms with Crippen LogP contribution >= 0.6 is 0 Å².